The lowest BCUT2D eigenvalue weighted by molar-refractivity contribution is 0.401. The van der Waals surface area contributed by atoms with E-state index >= 15 is 0 Å². The van der Waals surface area contributed by atoms with Crippen molar-refractivity contribution in [3.05, 3.63) is 28.2 Å². The highest BCUT2D eigenvalue weighted by molar-refractivity contribution is 9.10. The van der Waals surface area contributed by atoms with E-state index in [2.05, 4.69) is 84.2 Å². The number of nitrogens with one attached hydrogen (secondary N) is 1. The Kier molecular flexibility index (Phi) is 7.56. The summed E-state index contributed by atoms with van der Waals surface area (Å²) in [6, 6.07) is 7.14. The van der Waals surface area contributed by atoms with Gasteiger partial charge in [-0.25, -0.2) is 0 Å². The number of anilines is 1. The third kappa shape index (κ3) is 6.25. The van der Waals surface area contributed by atoms with Crippen LogP contribution in [0.2, 0.25) is 0 Å². The monoisotopic (exact) mass is 341 g/mol. The van der Waals surface area contributed by atoms with Gasteiger partial charge in [-0.1, -0.05) is 19.9 Å². The smallest absolute Gasteiger partial charge is 0.0508 e. The van der Waals surface area contributed by atoms with Crippen molar-refractivity contribution >= 4 is 21.6 Å². The number of nitrogens with zero attached hydrogens (tertiary/aromatic N) is 2. The normalized spacial score (nSPS) is 11.4. The zero-order valence-corrected chi connectivity index (χ0v) is 15.0. The van der Waals surface area contributed by atoms with Crippen molar-refractivity contribution in [2.75, 3.05) is 39.1 Å². The molecule has 1 N–H and O–H groups in total. The Morgan fingerprint density at radius 2 is 1.85 bits per heavy atom. The van der Waals surface area contributed by atoms with Gasteiger partial charge in [0.05, 0.1) is 5.69 Å². The average molecular weight is 342 g/mol. The highest BCUT2D eigenvalue weighted by Crippen LogP contribution is 2.26. The third-order valence-corrected chi connectivity index (χ3v) is 3.87. The average Bonchev–Trinajstić information content (AvgIpc) is 2.35. The SMILES string of the molecule is CC(C)NCc1ccc(N(C)CCCN(C)C)c(Br)c1. The number of halogens is 1. The molecule has 1 rings (SSSR count). The van der Waals surface area contributed by atoms with Gasteiger partial charge >= 0.3 is 0 Å². The molecule has 0 saturated carbocycles. The first kappa shape index (κ1) is 17.5. The number of hydrogen-bond donors (Lipinski definition) is 1. The van der Waals surface area contributed by atoms with Gasteiger partial charge in [-0.2, -0.15) is 0 Å². The van der Waals surface area contributed by atoms with Gasteiger partial charge in [0.1, 0.15) is 0 Å². The van der Waals surface area contributed by atoms with Gasteiger partial charge in [0, 0.05) is 30.7 Å². The molecule has 3 nitrogen and oxygen atoms in total. The van der Waals surface area contributed by atoms with Gasteiger partial charge in [-0.05, 0) is 60.7 Å². The van der Waals surface area contributed by atoms with E-state index in [1.807, 2.05) is 0 Å². The van der Waals surface area contributed by atoms with Crippen LogP contribution in [0.1, 0.15) is 25.8 Å². The molecule has 1 aromatic rings. The highest BCUT2D eigenvalue weighted by Gasteiger charge is 2.07. The Bertz CT molecular complexity index is 405. The van der Waals surface area contributed by atoms with Crippen molar-refractivity contribution in [1.82, 2.24) is 10.2 Å². The standard InChI is InChI=1S/C16H28BrN3/c1-13(2)18-12-14-7-8-16(15(17)11-14)20(5)10-6-9-19(3)4/h7-8,11,13,18H,6,9-10,12H2,1-5H3. The lowest BCUT2D eigenvalue weighted by atomic mass is 10.2. The number of benzene rings is 1. The summed E-state index contributed by atoms with van der Waals surface area (Å²) in [6.07, 6.45) is 1.17. The largest absolute Gasteiger partial charge is 0.374 e. The maximum Gasteiger partial charge on any atom is 0.0508 e. The summed E-state index contributed by atoms with van der Waals surface area (Å²) < 4.78 is 1.17. The fourth-order valence-electron chi connectivity index (χ4n) is 2.04. The Morgan fingerprint density at radius 1 is 1.15 bits per heavy atom. The molecule has 0 spiro atoms. The lowest BCUT2D eigenvalue weighted by Crippen LogP contribution is -2.24. The Hall–Kier alpha value is -0.580. The van der Waals surface area contributed by atoms with Gasteiger partial charge in [0.2, 0.25) is 0 Å². The first-order valence-corrected chi connectivity index (χ1v) is 8.07. The van der Waals surface area contributed by atoms with E-state index in [4.69, 9.17) is 0 Å². The fraction of sp³-hybridized carbons (Fsp3) is 0.625. The summed E-state index contributed by atoms with van der Waals surface area (Å²) in [4.78, 5) is 4.54. The number of rotatable bonds is 8. The Morgan fingerprint density at radius 3 is 2.40 bits per heavy atom. The predicted molar refractivity (Wildman–Crippen MR) is 92.6 cm³/mol. The van der Waals surface area contributed by atoms with Gasteiger partial charge in [-0.3, -0.25) is 0 Å². The van der Waals surface area contributed by atoms with Crippen molar-refractivity contribution < 1.29 is 0 Å². The quantitative estimate of drug-likeness (QED) is 0.782. The van der Waals surface area contributed by atoms with E-state index in [0.717, 1.165) is 19.6 Å². The van der Waals surface area contributed by atoms with Crippen molar-refractivity contribution in [2.24, 2.45) is 0 Å². The molecule has 4 heteroatoms. The van der Waals surface area contributed by atoms with E-state index in [1.54, 1.807) is 0 Å². The summed E-state index contributed by atoms with van der Waals surface area (Å²) >= 11 is 3.70. The minimum atomic E-state index is 0.516. The van der Waals surface area contributed by atoms with Crippen molar-refractivity contribution in [2.45, 2.75) is 32.9 Å². The van der Waals surface area contributed by atoms with E-state index in [1.165, 1.54) is 22.1 Å². The molecule has 0 aliphatic carbocycles. The molecule has 0 unspecified atom stereocenters. The first-order chi connectivity index (χ1) is 9.40. The minimum Gasteiger partial charge on any atom is -0.374 e. The molecule has 0 aliphatic rings. The molecule has 114 valence electrons. The Balaban J connectivity index is 2.58. The summed E-state index contributed by atoms with van der Waals surface area (Å²) in [5.74, 6) is 0. The Labute approximate surface area is 132 Å². The first-order valence-electron chi connectivity index (χ1n) is 7.28. The third-order valence-electron chi connectivity index (χ3n) is 3.24. The highest BCUT2D eigenvalue weighted by atomic mass is 79.9. The van der Waals surface area contributed by atoms with Crippen LogP contribution in [0.15, 0.2) is 22.7 Å². The fourth-order valence-corrected chi connectivity index (χ4v) is 2.77. The van der Waals surface area contributed by atoms with Crippen LogP contribution in [0, 0.1) is 0 Å². The van der Waals surface area contributed by atoms with Crippen molar-refractivity contribution in [3.63, 3.8) is 0 Å². The predicted octanol–water partition coefficient (Wildman–Crippen LogP) is 3.34. The maximum absolute atomic E-state index is 3.70. The van der Waals surface area contributed by atoms with Crippen LogP contribution in [0.3, 0.4) is 0 Å². The van der Waals surface area contributed by atoms with Crippen LogP contribution < -0.4 is 10.2 Å². The summed E-state index contributed by atoms with van der Waals surface area (Å²) in [7, 11) is 6.39. The van der Waals surface area contributed by atoms with E-state index in [-0.39, 0.29) is 0 Å². The van der Waals surface area contributed by atoms with E-state index in [9.17, 15) is 0 Å². The van der Waals surface area contributed by atoms with Crippen LogP contribution in [0.5, 0.6) is 0 Å². The van der Waals surface area contributed by atoms with E-state index in [0.29, 0.717) is 6.04 Å². The summed E-state index contributed by atoms with van der Waals surface area (Å²) in [5.41, 5.74) is 2.58. The van der Waals surface area contributed by atoms with Crippen LogP contribution in [0.25, 0.3) is 0 Å². The number of hydrogen-bond acceptors (Lipinski definition) is 3. The van der Waals surface area contributed by atoms with Crippen molar-refractivity contribution in [3.8, 4) is 0 Å². The molecule has 0 bridgehead atoms. The van der Waals surface area contributed by atoms with Crippen LogP contribution >= 0.6 is 15.9 Å². The van der Waals surface area contributed by atoms with Gasteiger partial charge in [-0.15, -0.1) is 0 Å². The maximum atomic E-state index is 3.70. The molecule has 0 heterocycles. The summed E-state index contributed by atoms with van der Waals surface area (Å²) in [5, 5.41) is 3.44. The molecule has 0 fully saturated rings. The molecular formula is C16H28BrN3. The zero-order chi connectivity index (χ0) is 15.1. The molecule has 0 radical (unpaired) electrons. The lowest BCUT2D eigenvalue weighted by Gasteiger charge is -2.22. The van der Waals surface area contributed by atoms with Gasteiger partial charge in [0.15, 0.2) is 0 Å². The molecular weight excluding hydrogens is 314 g/mol. The van der Waals surface area contributed by atoms with Crippen molar-refractivity contribution in [1.29, 1.82) is 0 Å². The second kappa shape index (κ2) is 8.65. The van der Waals surface area contributed by atoms with Gasteiger partial charge in [0.25, 0.3) is 0 Å². The zero-order valence-electron chi connectivity index (χ0n) is 13.4. The molecule has 0 aliphatic heterocycles. The second-order valence-electron chi connectivity index (χ2n) is 5.90. The molecule has 0 amide bonds. The van der Waals surface area contributed by atoms with Crippen LogP contribution in [-0.4, -0.2) is 45.2 Å². The molecule has 0 saturated heterocycles. The van der Waals surface area contributed by atoms with Gasteiger partial charge < -0.3 is 15.1 Å². The van der Waals surface area contributed by atoms with Crippen LogP contribution in [0.4, 0.5) is 5.69 Å². The molecule has 20 heavy (non-hydrogen) atoms. The van der Waals surface area contributed by atoms with E-state index < -0.39 is 0 Å². The second-order valence-corrected chi connectivity index (χ2v) is 6.75. The molecule has 0 aromatic heterocycles. The minimum absolute atomic E-state index is 0.516. The summed E-state index contributed by atoms with van der Waals surface area (Å²) in [6.45, 7) is 7.45. The van der Waals surface area contributed by atoms with Crippen LogP contribution in [-0.2, 0) is 6.54 Å². The topological polar surface area (TPSA) is 18.5 Å². The molecule has 0 atom stereocenters. The molecule has 1 aromatic carbocycles.